The highest BCUT2D eigenvalue weighted by Crippen LogP contribution is 2.16. The van der Waals surface area contributed by atoms with Gasteiger partial charge in [0.15, 0.2) is 0 Å². The van der Waals surface area contributed by atoms with Gasteiger partial charge in [-0.05, 0) is 43.0 Å². The molecule has 0 radical (unpaired) electrons. The number of hydrogen-bond acceptors (Lipinski definition) is 4. The van der Waals surface area contributed by atoms with Crippen molar-refractivity contribution in [1.29, 1.82) is 0 Å². The van der Waals surface area contributed by atoms with Crippen LogP contribution in [0.25, 0.3) is 0 Å². The summed E-state index contributed by atoms with van der Waals surface area (Å²) in [6.45, 7) is 3.85. The molecule has 0 amide bonds. The number of sulfonamides is 1. The number of hydrogen-bond donors (Lipinski definition) is 2. The molecule has 0 bridgehead atoms. The van der Waals surface area contributed by atoms with E-state index in [1.54, 1.807) is 18.7 Å². The second-order valence-corrected chi connectivity index (χ2v) is 8.06. The normalized spacial score (nSPS) is 13.1. The summed E-state index contributed by atoms with van der Waals surface area (Å²) in [7, 11) is -3.71. The highest BCUT2D eigenvalue weighted by molar-refractivity contribution is 7.99. The van der Waals surface area contributed by atoms with Crippen molar-refractivity contribution >= 4 is 39.0 Å². The van der Waals surface area contributed by atoms with Crippen LogP contribution in [0, 0.1) is 5.82 Å². The third-order valence-corrected chi connectivity index (χ3v) is 5.51. The van der Waals surface area contributed by atoms with Crippen molar-refractivity contribution in [3.8, 4) is 0 Å². The van der Waals surface area contributed by atoms with Crippen molar-refractivity contribution in [3.05, 3.63) is 29.6 Å². The van der Waals surface area contributed by atoms with Gasteiger partial charge in [-0.3, -0.25) is 0 Å². The van der Waals surface area contributed by atoms with Crippen molar-refractivity contribution in [2.75, 3.05) is 11.5 Å². The zero-order valence-corrected chi connectivity index (χ0v) is 14.4. The molecule has 0 heterocycles. The molecule has 0 fully saturated rings. The predicted octanol–water partition coefficient (Wildman–Crippen LogP) is 2.27. The van der Waals surface area contributed by atoms with E-state index in [0.29, 0.717) is 0 Å². The van der Waals surface area contributed by atoms with Gasteiger partial charge >= 0.3 is 0 Å². The Balaban J connectivity index is 2.88. The second kappa shape index (κ2) is 8.07. The minimum absolute atomic E-state index is 0.0401. The van der Waals surface area contributed by atoms with E-state index < -0.39 is 15.8 Å². The maximum atomic E-state index is 13.5. The lowest BCUT2D eigenvalue weighted by Gasteiger charge is -2.14. The van der Waals surface area contributed by atoms with E-state index in [2.05, 4.69) is 11.6 Å². The van der Waals surface area contributed by atoms with Gasteiger partial charge in [-0.25, -0.2) is 17.5 Å². The number of thioether (sulfide) groups is 1. The molecule has 0 saturated carbocycles. The molecule has 0 aliphatic carbocycles. The Morgan fingerprint density at radius 3 is 2.76 bits per heavy atom. The number of nitrogens with two attached hydrogens (primary N) is 1. The van der Waals surface area contributed by atoms with Gasteiger partial charge in [0.1, 0.15) is 10.8 Å². The quantitative estimate of drug-likeness (QED) is 0.556. The summed E-state index contributed by atoms with van der Waals surface area (Å²) >= 11 is 6.46. The third-order valence-electron chi connectivity index (χ3n) is 2.77. The van der Waals surface area contributed by atoms with E-state index >= 15 is 0 Å². The van der Waals surface area contributed by atoms with Crippen molar-refractivity contribution in [2.45, 2.75) is 31.2 Å². The van der Waals surface area contributed by atoms with Gasteiger partial charge in [0.25, 0.3) is 0 Å². The average Bonchev–Trinajstić information content (AvgIpc) is 2.38. The molecule has 0 aromatic heterocycles. The molecule has 1 unspecified atom stereocenters. The minimum atomic E-state index is -3.71. The van der Waals surface area contributed by atoms with Gasteiger partial charge in [0, 0.05) is 11.6 Å². The Kier molecular flexibility index (Phi) is 7.05. The Bertz CT molecular complexity index is 605. The summed E-state index contributed by atoms with van der Waals surface area (Å²) in [5.41, 5.74) is 5.31. The highest BCUT2D eigenvalue weighted by Gasteiger charge is 2.19. The molecule has 4 nitrogen and oxygen atoms in total. The fourth-order valence-corrected chi connectivity index (χ4v) is 3.93. The molecular weight excluding hydrogens is 331 g/mol. The van der Waals surface area contributed by atoms with Crippen molar-refractivity contribution in [3.63, 3.8) is 0 Å². The standard InChI is InChI=1S/C13H19FN2O2S3/c1-3-20-7-6-9(2)16-21(17,18)10-4-5-12(14)11(8-10)13(15)19/h4-5,8-9,16H,3,6-7H2,1-2H3,(H2,15,19). The molecule has 0 aliphatic rings. The van der Waals surface area contributed by atoms with E-state index in [9.17, 15) is 12.8 Å². The molecule has 8 heteroatoms. The van der Waals surface area contributed by atoms with Gasteiger partial charge in [-0.1, -0.05) is 19.1 Å². The van der Waals surface area contributed by atoms with E-state index in [0.717, 1.165) is 30.1 Å². The fraction of sp³-hybridized carbons (Fsp3) is 0.462. The SMILES string of the molecule is CCSCCC(C)NS(=O)(=O)c1ccc(F)c(C(N)=S)c1. The highest BCUT2D eigenvalue weighted by atomic mass is 32.2. The molecule has 0 saturated heterocycles. The molecular formula is C13H19FN2O2S3. The van der Waals surface area contributed by atoms with E-state index in [-0.39, 0.29) is 21.5 Å². The van der Waals surface area contributed by atoms with Crippen molar-refractivity contribution < 1.29 is 12.8 Å². The number of nitrogens with one attached hydrogen (secondary N) is 1. The number of thiocarbonyl (C=S) groups is 1. The molecule has 3 N–H and O–H groups in total. The number of halogens is 1. The van der Waals surface area contributed by atoms with Crippen LogP contribution in [0.2, 0.25) is 0 Å². The van der Waals surface area contributed by atoms with Gasteiger partial charge in [0.2, 0.25) is 10.0 Å². The van der Waals surface area contributed by atoms with Gasteiger partial charge in [0.05, 0.1) is 4.90 Å². The first-order valence-corrected chi connectivity index (χ1v) is 9.52. The van der Waals surface area contributed by atoms with Crippen LogP contribution in [0.5, 0.6) is 0 Å². The number of benzene rings is 1. The van der Waals surface area contributed by atoms with Crippen LogP contribution in [0.4, 0.5) is 4.39 Å². The third kappa shape index (κ3) is 5.54. The summed E-state index contributed by atoms with van der Waals surface area (Å²) in [6, 6.07) is 3.22. The molecule has 1 atom stereocenters. The summed E-state index contributed by atoms with van der Waals surface area (Å²) in [6.07, 6.45) is 0.723. The molecule has 0 aliphatic heterocycles. The zero-order valence-electron chi connectivity index (χ0n) is 11.9. The van der Waals surface area contributed by atoms with Crippen molar-refractivity contribution in [2.24, 2.45) is 5.73 Å². The first-order chi connectivity index (χ1) is 9.77. The van der Waals surface area contributed by atoms with Crippen LogP contribution in [0.1, 0.15) is 25.8 Å². The predicted molar refractivity (Wildman–Crippen MR) is 89.7 cm³/mol. The van der Waals surface area contributed by atoms with Gasteiger partial charge < -0.3 is 5.73 Å². The monoisotopic (exact) mass is 350 g/mol. The Morgan fingerprint density at radius 1 is 1.52 bits per heavy atom. The smallest absolute Gasteiger partial charge is 0.240 e. The second-order valence-electron chi connectivity index (χ2n) is 4.51. The van der Waals surface area contributed by atoms with E-state index in [4.69, 9.17) is 18.0 Å². The van der Waals surface area contributed by atoms with Crippen LogP contribution in [-0.2, 0) is 10.0 Å². The Labute approximate surface area is 134 Å². The van der Waals surface area contributed by atoms with Crippen LogP contribution in [0.15, 0.2) is 23.1 Å². The Hall–Kier alpha value is -0.700. The molecule has 0 spiro atoms. The molecule has 1 aromatic carbocycles. The lowest BCUT2D eigenvalue weighted by molar-refractivity contribution is 0.556. The number of rotatable bonds is 8. The lowest BCUT2D eigenvalue weighted by Crippen LogP contribution is -2.33. The van der Waals surface area contributed by atoms with Crippen LogP contribution >= 0.6 is 24.0 Å². The zero-order chi connectivity index (χ0) is 16.0. The summed E-state index contributed by atoms with van der Waals surface area (Å²) in [5, 5.41) is 0. The topological polar surface area (TPSA) is 72.2 Å². The van der Waals surface area contributed by atoms with Crippen LogP contribution < -0.4 is 10.5 Å². The summed E-state index contributed by atoms with van der Waals surface area (Å²) < 4.78 is 40.5. The molecule has 118 valence electrons. The maximum Gasteiger partial charge on any atom is 0.240 e. The van der Waals surface area contributed by atoms with Gasteiger partial charge in [-0.15, -0.1) is 0 Å². The van der Waals surface area contributed by atoms with Crippen molar-refractivity contribution in [1.82, 2.24) is 4.72 Å². The molecule has 1 aromatic rings. The summed E-state index contributed by atoms with van der Waals surface area (Å²) in [5.74, 6) is 1.24. The molecule has 21 heavy (non-hydrogen) atoms. The van der Waals surface area contributed by atoms with Crippen LogP contribution in [-0.4, -0.2) is 31.0 Å². The lowest BCUT2D eigenvalue weighted by atomic mass is 10.2. The maximum absolute atomic E-state index is 13.5. The first kappa shape index (κ1) is 18.3. The van der Waals surface area contributed by atoms with Gasteiger partial charge in [-0.2, -0.15) is 11.8 Å². The fourth-order valence-electron chi connectivity index (χ4n) is 1.66. The van der Waals surface area contributed by atoms with Crippen LogP contribution in [0.3, 0.4) is 0 Å². The first-order valence-electron chi connectivity index (χ1n) is 6.47. The summed E-state index contributed by atoms with van der Waals surface area (Å²) in [4.78, 5) is -0.210. The minimum Gasteiger partial charge on any atom is -0.389 e. The van der Waals surface area contributed by atoms with E-state index in [1.165, 1.54) is 6.07 Å². The largest absolute Gasteiger partial charge is 0.389 e. The molecule has 1 rings (SSSR count). The average molecular weight is 351 g/mol. The Morgan fingerprint density at radius 2 is 2.19 bits per heavy atom. The van der Waals surface area contributed by atoms with E-state index in [1.807, 2.05) is 0 Å².